The molecule has 4 heteroatoms. The number of aliphatic hydroxyl groups is 1. The van der Waals surface area contributed by atoms with Crippen molar-refractivity contribution < 1.29 is 22.4 Å². The van der Waals surface area contributed by atoms with Crippen LogP contribution in [-0.2, 0) is 0 Å². The lowest BCUT2D eigenvalue weighted by atomic mass is 10.0. The predicted octanol–water partition coefficient (Wildman–Crippen LogP) is 2.75. The van der Waals surface area contributed by atoms with Crippen LogP contribution in [-0.4, -0.2) is 37.2 Å². The van der Waals surface area contributed by atoms with Gasteiger partial charge >= 0.3 is 0 Å². The maximum Gasteiger partial charge on any atom is 0.119 e. The van der Waals surface area contributed by atoms with Crippen molar-refractivity contribution in [2.24, 2.45) is 0 Å². The average molecular weight is 427 g/mol. The highest BCUT2D eigenvalue weighted by Crippen LogP contribution is 2.16. The molecule has 0 fully saturated rings. The van der Waals surface area contributed by atoms with E-state index in [-0.39, 0.29) is 23.9 Å². The molecular formula is C23H49Cl2NO. The number of hydrogen-bond donors (Lipinski definition) is 2. The molecule has 0 aliphatic heterocycles. The van der Waals surface area contributed by atoms with E-state index in [1.54, 1.807) is 0 Å². The second-order valence-electron chi connectivity index (χ2n) is 8.59. The van der Waals surface area contributed by atoms with E-state index in [2.05, 4.69) is 21.0 Å². The van der Waals surface area contributed by atoms with Gasteiger partial charge in [-0.2, -0.15) is 0 Å². The first-order chi connectivity index (χ1) is 12.6. The number of alkyl halides is 1. The Balaban J connectivity index is 0. The van der Waals surface area contributed by atoms with E-state index < -0.39 is 0 Å². The van der Waals surface area contributed by atoms with Crippen molar-refractivity contribution in [3.8, 4) is 0 Å². The van der Waals surface area contributed by atoms with Crippen LogP contribution in [0.4, 0.5) is 0 Å². The van der Waals surface area contributed by atoms with Gasteiger partial charge in [-0.3, -0.25) is 0 Å². The van der Waals surface area contributed by atoms with E-state index in [1.165, 1.54) is 101 Å². The van der Waals surface area contributed by atoms with E-state index >= 15 is 0 Å². The van der Waals surface area contributed by atoms with Crippen LogP contribution in [0.5, 0.6) is 0 Å². The SMILES string of the molecule is CCCCCCCCCCCCCCCCCCC(Cl)C(O)C[NH+](C)C.[Cl-]. The Bertz CT molecular complexity index is 277. The van der Waals surface area contributed by atoms with Crippen LogP contribution in [0, 0.1) is 0 Å². The molecule has 2 atom stereocenters. The minimum absolute atomic E-state index is 0. The summed E-state index contributed by atoms with van der Waals surface area (Å²) in [5, 5.41) is 9.89. The molecule has 0 saturated carbocycles. The number of likely N-dealkylation sites (N-methyl/N-ethyl adjacent to an activating group) is 1. The molecule has 0 radical (unpaired) electrons. The lowest BCUT2D eigenvalue weighted by molar-refractivity contribution is -0.861. The zero-order chi connectivity index (χ0) is 19.5. The quantitative estimate of drug-likeness (QED) is 0.227. The Labute approximate surface area is 182 Å². The summed E-state index contributed by atoms with van der Waals surface area (Å²) < 4.78 is 0. The van der Waals surface area contributed by atoms with Gasteiger partial charge in [0.25, 0.3) is 0 Å². The summed E-state index contributed by atoms with van der Waals surface area (Å²) in [6.45, 7) is 3.03. The summed E-state index contributed by atoms with van der Waals surface area (Å²) in [6, 6.07) is 0. The van der Waals surface area contributed by atoms with Gasteiger partial charge in [0.05, 0.1) is 19.5 Å². The number of quaternary nitrogens is 1. The normalized spacial score (nSPS) is 13.6. The monoisotopic (exact) mass is 425 g/mol. The van der Waals surface area contributed by atoms with Gasteiger partial charge in [0.1, 0.15) is 12.6 Å². The van der Waals surface area contributed by atoms with E-state index in [9.17, 15) is 5.11 Å². The summed E-state index contributed by atoms with van der Waals surface area (Å²) in [5.74, 6) is 0. The second-order valence-corrected chi connectivity index (χ2v) is 9.15. The van der Waals surface area contributed by atoms with Gasteiger partial charge in [-0.1, -0.05) is 110 Å². The van der Waals surface area contributed by atoms with Crippen LogP contribution in [0.25, 0.3) is 0 Å². The van der Waals surface area contributed by atoms with Gasteiger partial charge in [-0.05, 0) is 6.42 Å². The lowest BCUT2D eigenvalue weighted by Crippen LogP contribution is -3.07. The minimum Gasteiger partial charge on any atom is -1.00 e. The molecule has 0 bridgehead atoms. The molecule has 0 aliphatic rings. The molecule has 2 N–H and O–H groups in total. The van der Waals surface area contributed by atoms with Gasteiger partial charge in [-0.15, -0.1) is 11.6 Å². The van der Waals surface area contributed by atoms with Crippen molar-refractivity contribution in [3.63, 3.8) is 0 Å². The number of unbranched alkanes of at least 4 members (excludes halogenated alkanes) is 15. The third-order valence-electron chi connectivity index (χ3n) is 5.37. The van der Waals surface area contributed by atoms with Crippen LogP contribution in [0.15, 0.2) is 0 Å². The second kappa shape index (κ2) is 22.8. The molecule has 27 heavy (non-hydrogen) atoms. The van der Waals surface area contributed by atoms with Crippen molar-refractivity contribution in [1.29, 1.82) is 0 Å². The Morgan fingerprint density at radius 1 is 0.667 bits per heavy atom. The topological polar surface area (TPSA) is 24.7 Å². The Hall–Kier alpha value is 0.500. The Kier molecular flexibility index (Phi) is 25.1. The van der Waals surface area contributed by atoms with Gasteiger partial charge in [-0.25, -0.2) is 0 Å². The molecule has 0 saturated heterocycles. The zero-order valence-electron chi connectivity index (χ0n) is 18.6. The fraction of sp³-hybridized carbons (Fsp3) is 1.00. The van der Waals surface area contributed by atoms with Crippen molar-refractivity contribution in [2.75, 3.05) is 20.6 Å². The molecule has 0 aromatic carbocycles. The third kappa shape index (κ3) is 22.7. The van der Waals surface area contributed by atoms with Crippen LogP contribution in [0.2, 0.25) is 0 Å². The maximum atomic E-state index is 9.96. The van der Waals surface area contributed by atoms with Gasteiger partial charge in [0, 0.05) is 0 Å². The van der Waals surface area contributed by atoms with Crippen LogP contribution in [0.3, 0.4) is 0 Å². The van der Waals surface area contributed by atoms with Gasteiger partial charge in [0.2, 0.25) is 0 Å². The summed E-state index contributed by atoms with van der Waals surface area (Å²) in [7, 11) is 4.11. The number of halogens is 2. The maximum absolute atomic E-state index is 9.96. The molecule has 0 heterocycles. The van der Waals surface area contributed by atoms with Crippen LogP contribution >= 0.6 is 11.6 Å². The first-order valence-electron chi connectivity index (χ1n) is 11.7. The van der Waals surface area contributed by atoms with Gasteiger partial charge in [0.15, 0.2) is 0 Å². The lowest BCUT2D eigenvalue weighted by Gasteiger charge is -2.18. The van der Waals surface area contributed by atoms with E-state index in [4.69, 9.17) is 11.6 Å². The van der Waals surface area contributed by atoms with E-state index in [0.29, 0.717) is 0 Å². The molecule has 0 aromatic heterocycles. The average Bonchev–Trinajstić information content (AvgIpc) is 2.60. The van der Waals surface area contributed by atoms with Crippen molar-refractivity contribution >= 4 is 11.6 Å². The summed E-state index contributed by atoms with van der Waals surface area (Å²) >= 11 is 6.28. The first kappa shape index (κ1) is 29.7. The number of hydrogen-bond acceptors (Lipinski definition) is 1. The fourth-order valence-corrected chi connectivity index (χ4v) is 3.87. The fourth-order valence-electron chi connectivity index (χ4n) is 3.63. The largest absolute Gasteiger partial charge is 1.00 e. The van der Waals surface area contributed by atoms with Crippen LogP contribution in [0.1, 0.15) is 116 Å². The molecule has 166 valence electrons. The minimum atomic E-state index is -0.363. The Morgan fingerprint density at radius 3 is 1.33 bits per heavy atom. The number of aliphatic hydroxyl groups excluding tert-OH is 1. The zero-order valence-corrected chi connectivity index (χ0v) is 20.1. The molecular weight excluding hydrogens is 377 g/mol. The van der Waals surface area contributed by atoms with Crippen molar-refractivity contribution in [3.05, 3.63) is 0 Å². The summed E-state index contributed by atoms with van der Waals surface area (Å²) in [6.07, 6.45) is 22.9. The predicted molar refractivity (Wildman–Crippen MR) is 117 cm³/mol. The molecule has 0 spiro atoms. The smallest absolute Gasteiger partial charge is 0.119 e. The Morgan fingerprint density at radius 2 is 1.00 bits per heavy atom. The third-order valence-corrected chi connectivity index (χ3v) is 5.88. The highest BCUT2D eigenvalue weighted by Gasteiger charge is 2.18. The van der Waals surface area contributed by atoms with Crippen LogP contribution < -0.4 is 17.3 Å². The summed E-state index contributed by atoms with van der Waals surface area (Å²) in [5.41, 5.74) is 0. The van der Waals surface area contributed by atoms with E-state index in [1.807, 2.05) is 0 Å². The number of rotatable bonds is 20. The standard InChI is InChI=1S/C23H48ClNO.ClH/c1-4-5-6-7-8-9-10-11-12-13-14-15-16-17-18-19-20-22(24)23(26)21-25(2)3;/h22-23,26H,4-21H2,1-3H3;1H. The molecule has 2 unspecified atom stereocenters. The van der Waals surface area contributed by atoms with Gasteiger partial charge < -0.3 is 22.4 Å². The molecule has 2 nitrogen and oxygen atoms in total. The van der Waals surface area contributed by atoms with E-state index in [0.717, 1.165) is 19.4 Å². The van der Waals surface area contributed by atoms with Crippen molar-refractivity contribution in [1.82, 2.24) is 0 Å². The van der Waals surface area contributed by atoms with Crippen molar-refractivity contribution in [2.45, 2.75) is 128 Å². The molecule has 0 aromatic rings. The molecule has 0 rings (SSSR count). The molecule has 0 amide bonds. The first-order valence-corrected chi connectivity index (χ1v) is 12.1. The highest BCUT2D eigenvalue weighted by molar-refractivity contribution is 6.21. The molecule has 0 aliphatic carbocycles. The number of nitrogens with one attached hydrogen (secondary N) is 1. The highest BCUT2D eigenvalue weighted by atomic mass is 35.5. The summed E-state index contributed by atoms with van der Waals surface area (Å²) in [4.78, 5) is 1.26.